The van der Waals surface area contributed by atoms with Gasteiger partial charge >= 0.3 is 0 Å². The van der Waals surface area contributed by atoms with E-state index in [4.69, 9.17) is 0 Å². The Hall–Kier alpha value is -1.87. The number of rotatable bonds is 7. The molecule has 1 atom stereocenters. The van der Waals surface area contributed by atoms with Crippen LogP contribution in [0.5, 0.6) is 5.75 Å². The van der Waals surface area contributed by atoms with E-state index in [1.807, 2.05) is 24.3 Å². The molecular weight excluding hydrogens is 265 g/mol. The molecule has 2 nitrogen and oxygen atoms in total. The highest BCUT2D eigenvalue weighted by Crippen LogP contribution is 2.19. The van der Waals surface area contributed by atoms with Crippen molar-refractivity contribution < 1.29 is 9.50 Å². The van der Waals surface area contributed by atoms with E-state index in [0.29, 0.717) is 12.3 Å². The Morgan fingerprint density at radius 1 is 1.10 bits per heavy atom. The van der Waals surface area contributed by atoms with Crippen molar-refractivity contribution in [3.8, 4) is 5.75 Å². The number of hydrogen-bond donors (Lipinski definition) is 2. The van der Waals surface area contributed by atoms with Crippen LogP contribution in [0.25, 0.3) is 0 Å². The van der Waals surface area contributed by atoms with Gasteiger partial charge in [0.2, 0.25) is 0 Å². The fourth-order valence-electron chi connectivity index (χ4n) is 2.56. The quantitative estimate of drug-likeness (QED) is 0.816. The summed E-state index contributed by atoms with van der Waals surface area (Å²) < 4.78 is 13.8. The molecule has 0 radical (unpaired) electrons. The third-order valence-corrected chi connectivity index (χ3v) is 3.58. The van der Waals surface area contributed by atoms with Crippen LogP contribution in [0.1, 0.15) is 18.1 Å². The highest BCUT2D eigenvalue weighted by Gasteiger charge is 2.13. The Bertz CT molecular complexity index is 571. The van der Waals surface area contributed by atoms with Crippen molar-refractivity contribution in [1.29, 1.82) is 0 Å². The van der Waals surface area contributed by atoms with Gasteiger partial charge in [0, 0.05) is 0 Å². The number of aromatic hydroxyl groups is 1. The largest absolute Gasteiger partial charge is 0.508 e. The van der Waals surface area contributed by atoms with Gasteiger partial charge in [-0.15, -0.1) is 0 Å². The van der Waals surface area contributed by atoms with Crippen LogP contribution in [-0.2, 0) is 12.8 Å². The summed E-state index contributed by atoms with van der Waals surface area (Å²) >= 11 is 0. The monoisotopic (exact) mass is 287 g/mol. The van der Waals surface area contributed by atoms with Crippen LogP contribution in [0.4, 0.5) is 4.39 Å². The maximum Gasteiger partial charge on any atom is 0.126 e. The van der Waals surface area contributed by atoms with E-state index in [0.717, 1.165) is 30.6 Å². The average Bonchev–Trinajstić information content (AvgIpc) is 2.47. The lowest BCUT2D eigenvalue weighted by Crippen LogP contribution is -2.26. The lowest BCUT2D eigenvalue weighted by atomic mass is 9.92. The van der Waals surface area contributed by atoms with Crippen LogP contribution in [0.2, 0.25) is 0 Å². The van der Waals surface area contributed by atoms with E-state index in [9.17, 15) is 9.50 Å². The van der Waals surface area contributed by atoms with Crippen molar-refractivity contribution in [2.45, 2.75) is 19.8 Å². The molecule has 21 heavy (non-hydrogen) atoms. The number of hydrogen-bond acceptors (Lipinski definition) is 2. The lowest BCUT2D eigenvalue weighted by Gasteiger charge is -2.18. The fraction of sp³-hybridized carbons (Fsp3) is 0.333. The van der Waals surface area contributed by atoms with Crippen molar-refractivity contribution in [2.24, 2.45) is 5.92 Å². The molecule has 0 aliphatic carbocycles. The summed E-state index contributed by atoms with van der Waals surface area (Å²) in [4.78, 5) is 0. The fourth-order valence-corrected chi connectivity index (χ4v) is 2.56. The smallest absolute Gasteiger partial charge is 0.126 e. The van der Waals surface area contributed by atoms with Crippen molar-refractivity contribution in [3.05, 3.63) is 65.5 Å². The summed E-state index contributed by atoms with van der Waals surface area (Å²) in [5.74, 6) is 0.430. The SMILES string of the molecule is CCNCC(Cc1cccc(O)c1)Cc1ccccc1F. The second-order valence-electron chi connectivity index (χ2n) is 5.34. The normalized spacial score (nSPS) is 12.3. The first-order valence-corrected chi connectivity index (χ1v) is 7.41. The Morgan fingerprint density at radius 2 is 1.90 bits per heavy atom. The molecular formula is C18H22FNO. The van der Waals surface area contributed by atoms with Crippen LogP contribution in [0.3, 0.4) is 0 Å². The number of nitrogens with one attached hydrogen (secondary N) is 1. The molecule has 2 N–H and O–H groups in total. The van der Waals surface area contributed by atoms with E-state index in [1.165, 1.54) is 6.07 Å². The Morgan fingerprint density at radius 3 is 2.62 bits per heavy atom. The molecule has 0 spiro atoms. The molecule has 0 amide bonds. The van der Waals surface area contributed by atoms with E-state index >= 15 is 0 Å². The van der Waals surface area contributed by atoms with Crippen LogP contribution in [-0.4, -0.2) is 18.2 Å². The van der Waals surface area contributed by atoms with Crippen molar-refractivity contribution in [3.63, 3.8) is 0 Å². The van der Waals surface area contributed by atoms with Gasteiger partial charge in [-0.3, -0.25) is 0 Å². The van der Waals surface area contributed by atoms with Gasteiger partial charge in [0.1, 0.15) is 11.6 Å². The molecule has 0 aromatic heterocycles. The molecule has 0 saturated carbocycles. The van der Waals surface area contributed by atoms with E-state index < -0.39 is 0 Å². The molecule has 1 unspecified atom stereocenters. The van der Waals surface area contributed by atoms with Crippen molar-refractivity contribution in [1.82, 2.24) is 5.32 Å². The second kappa shape index (κ2) is 7.79. The first-order valence-electron chi connectivity index (χ1n) is 7.41. The van der Waals surface area contributed by atoms with Gasteiger partial charge in [-0.05, 0) is 61.2 Å². The van der Waals surface area contributed by atoms with Gasteiger partial charge in [0.15, 0.2) is 0 Å². The second-order valence-corrected chi connectivity index (χ2v) is 5.34. The van der Waals surface area contributed by atoms with Crippen LogP contribution in [0, 0.1) is 11.7 Å². The lowest BCUT2D eigenvalue weighted by molar-refractivity contribution is 0.459. The molecule has 0 fully saturated rings. The van der Waals surface area contributed by atoms with E-state index in [-0.39, 0.29) is 11.6 Å². The van der Waals surface area contributed by atoms with Gasteiger partial charge in [-0.2, -0.15) is 0 Å². The summed E-state index contributed by atoms with van der Waals surface area (Å²) in [7, 11) is 0. The molecule has 2 aromatic rings. The Kier molecular flexibility index (Phi) is 5.76. The zero-order chi connectivity index (χ0) is 15.1. The van der Waals surface area contributed by atoms with Gasteiger partial charge < -0.3 is 10.4 Å². The predicted molar refractivity (Wildman–Crippen MR) is 83.9 cm³/mol. The molecule has 3 heteroatoms. The van der Waals surface area contributed by atoms with Crippen molar-refractivity contribution >= 4 is 0 Å². The molecule has 112 valence electrons. The Balaban J connectivity index is 2.09. The van der Waals surface area contributed by atoms with Crippen LogP contribution < -0.4 is 5.32 Å². The molecule has 2 rings (SSSR count). The maximum atomic E-state index is 13.8. The minimum atomic E-state index is -0.144. The number of phenols is 1. The molecule has 0 saturated heterocycles. The van der Waals surface area contributed by atoms with Gasteiger partial charge in [0.05, 0.1) is 0 Å². The summed E-state index contributed by atoms with van der Waals surface area (Å²) in [5.41, 5.74) is 1.83. The standard InChI is InChI=1S/C18H22FNO/c1-2-20-13-15(10-14-6-5-8-17(21)12-14)11-16-7-3-4-9-18(16)19/h3-9,12,15,20-21H,2,10-11,13H2,1H3. The van der Waals surface area contributed by atoms with Crippen molar-refractivity contribution in [2.75, 3.05) is 13.1 Å². The average molecular weight is 287 g/mol. The molecule has 0 heterocycles. The van der Waals surface area contributed by atoms with Gasteiger partial charge in [-0.1, -0.05) is 37.3 Å². The Labute approximate surface area is 125 Å². The van der Waals surface area contributed by atoms with Crippen LogP contribution >= 0.6 is 0 Å². The first kappa shape index (κ1) is 15.5. The zero-order valence-electron chi connectivity index (χ0n) is 12.3. The number of benzene rings is 2. The molecule has 0 aliphatic heterocycles. The predicted octanol–water partition coefficient (Wildman–Crippen LogP) is 3.54. The van der Waals surface area contributed by atoms with E-state index in [2.05, 4.69) is 12.2 Å². The maximum absolute atomic E-state index is 13.8. The summed E-state index contributed by atoms with van der Waals surface area (Å²) in [6.45, 7) is 3.79. The minimum absolute atomic E-state index is 0.144. The summed E-state index contributed by atoms with van der Waals surface area (Å²) in [6.07, 6.45) is 1.51. The number of halogens is 1. The minimum Gasteiger partial charge on any atom is -0.508 e. The molecule has 0 aliphatic rings. The third kappa shape index (κ3) is 4.87. The third-order valence-electron chi connectivity index (χ3n) is 3.58. The van der Waals surface area contributed by atoms with Crippen LogP contribution in [0.15, 0.2) is 48.5 Å². The molecule has 2 aromatic carbocycles. The highest BCUT2D eigenvalue weighted by atomic mass is 19.1. The van der Waals surface area contributed by atoms with Gasteiger partial charge in [0.25, 0.3) is 0 Å². The zero-order valence-corrected chi connectivity index (χ0v) is 12.3. The van der Waals surface area contributed by atoms with E-state index in [1.54, 1.807) is 18.2 Å². The summed E-state index contributed by atoms with van der Waals surface area (Å²) in [6, 6.07) is 14.2. The summed E-state index contributed by atoms with van der Waals surface area (Å²) in [5, 5.41) is 12.9. The molecule has 0 bridgehead atoms. The van der Waals surface area contributed by atoms with Gasteiger partial charge in [-0.25, -0.2) is 4.39 Å². The highest BCUT2D eigenvalue weighted by molar-refractivity contribution is 5.28. The number of phenolic OH excluding ortho intramolecular Hbond substituents is 1. The topological polar surface area (TPSA) is 32.3 Å². The first-order chi connectivity index (χ1) is 10.2.